The topological polar surface area (TPSA) is 63.2 Å². The van der Waals surface area contributed by atoms with E-state index in [1.54, 1.807) is 0 Å². The van der Waals surface area contributed by atoms with Crippen molar-refractivity contribution in [2.24, 2.45) is 0 Å². The first-order valence-corrected chi connectivity index (χ1v) is 12.9. The number of unbranched alkanes of at least 4 members (excludes halogenated alkanes) is 9. The van der Waals surface area contributed by atoms with Gasteiger partial charge in [0.15, 0.2) is 0 Å². The number of hydrogen-bond acceptors (Lipinski definition) is 6. The molecule has 0 fully saturated rings. The standard InChI is InChI=1S/C24H47ClO6/c1-2-3-4-5-6-7-10-13-24(26)31-23-22-30-21-20-29-19-18-28-17-16-27-15-12-9-8-11-14-25/h2-23H2,1H3. The molecule has 0 aliphatic carbocycles. The summed E-state index contributed by atoms with van der Waals surface area (Å²) in [6, 6.07) is 0. The minimum Gasteiger partial charge on any atom is -0.463 e. The highest BCUT2D eigenvalue weighted by Crippen LogP contribution is 2.08. The zero-order chi connectivity index (χ0) is 22.7. The Morgan fingerprint density at radius 3 is 1.58 bits per heavy atom. The lowest BCUT2D eigenvalue weighted by atomic mass is 10.1. The molecule has 186 valence electrons. The van der Waals surface area contributed by atoms with Crippen LogP contribution in [0.25, 0.3) is 0 Å². The van der Waals surface area contributed by atoms with Crippen molar-refractivity contribution in [2.75, 3.05) is 65.3 Å². The van der Waals surface area contributed by atoms with E-state index in [4.69, 9.17) is 35.3 Å². The van der Waals surface area contributed by atoms with Crippen molar-refractivity contribution in [3.05, 3.63) is 0 Å². The molecule has 0 amide bonds. The van der Waals surface area contributed by atoms with Crippen LogP contribution in [-0.4, -0.2) is 71.3 Å². The van der Waals surface area contributed by atoms with Crippen molar-refractivity contribution in [2.45, 2.75) is 84.0 Å². The highest BCUT2D eigenvalue weighted by atomic mass is 35.5. The first-order chi connectivity index (χ1) is 15.3. The number of carbonyl (C=O) groups excluding carboxylic acids is 1. The molecular formula is C24H47ClO6. The van der Waals surface area contributed by atoms with E-state index >= 15 is 0 Å². The second-order valence-electron chi connectivity index (χ2n) is 7.64. The largest absolute Gasteiger partial charge is 0.463 e. The summed E-state index contributed by atoms with van der Waals surface area (Å²) in [7, 11) is 0. The quantitative estimate of drug-likeness (QED) is 0.0947. The first-order valence-electron chi connectivity index (χ1n) is 12.3. The normalized spacial score (nSPS) is 11.2. The Balaban J connectivity index is 3.11. The Hall–Kier alpha value is -0.400. The molecule has 0 aromatic rings. The molecule has 0 aromatic carbocycles. The third-order valence-electron chi connectivity index (χ3n) is 4.76. The molecule has 0 bridgehead atoms. The van der Waals surface area contributed by atoms with Crippen molar-refractivity contribution in [1.82, 2.24) is 0 Å². The molecular weight excluding hydrogens is 420 g/mol. The number of carbonyl (C=O) groups is 1. The molecule has 0 spiro atoms. The predicted octanol–water partition coefficient (Wildman–Crippen LogP) is 5.54. The molecule has 31 heavy (non-hydrogen) atoms. The summed E-state index contributed by atoms with van der Waals surface area (Å²) in [5, 5.41) is 0. The van der Waals surface area contributed by atoms with Gasteiger partial charge in [0.2, 0.25) is 0 Å². The van der Waals surface area contributed by atoms with E-state index in [9.17, 15) is 4.79 Å². The van der Waals surface area contributed by atoms with E-state index in [1.165, 1.54) is 44.9 Å². The van der Waals surface area contributed by atoms with E-state index in [1.807, 2.05) is 0 Å². The maximum Gasteiger partial charge on any atom is 0.305 e. The maximum atomic E-state index is 11.6. The number of esters is 1. The number of ether oxygens (including phenoxy) is 5. The summed E-state index contributed by atoms with van der Waals surface area (Å²) in [6.07, 6.45) is 13.4. The maximum absolute atomic E-state index is 11.6. The molecule has 0 rings (SSSR count). The fourth-order valence-electron chi connectivity index (χ4n) is 2.93. The monoisotopic (exact) mass is 466 g/mol. The van der Waals surface area contributed by atoms with Crippen molar-refractivity contribution in [3.63, 3.8) is 0 Å². The highest BCUT2D eigenvalue weighted by molar-refractivity contribution is 6.17. The second-order valence-corrected chi connectivity index (χ2v) is 8.02. The summed E-state index contributed by atoms with van der Waals surface area (Å²) in [6.45, 7) is 7.02. The molecule has 0 saturated heterocycles. The van der Waals surface area contributed by atoms with Crippen LogP contribution in [0.15, 0.2) is 0 Å². The summed E-state index contributed by atoms with van der Waals surface area (Å²) in [5.41, 5.74) is 0. The molecule has 0 atom stereocenters. The molecule has 0 unspecified atom stereocenters. The molecule has 0 radical (unpaired) electrons. The van der Waals surface area contributed by atoms with E-state index in [2.05, 4.69) is 6.92 Å². The Bertz CT molecular complexity index is 357. The van der Waals surface area contributed by atoms with Gasteiger partial charge in [0, 0.05) is 18.9 Å². The van der Waals surface area contributed by atoms with Crippen LogP contribution in [0.3, 0.4) is 0 Å². The van der Waals surface area contributed by atoms with Gasteiger partial charge in [0.05, 0.1) is 46.2 Å². The van der Waals surface area contributed by atoms with Gasteiger partial charge >= 0.3 is 5.97 Å². The number of alkyl halides is 1. The minimum absolute atomic E-state index is 0.124. The summed E-state index contributed by atoms with van der Waals surface area (Å²) >= 11 is 5.63. The molecule has 7 heteroatoms. The highest BCUT2D eigenvalue weighted by Gasteiger charge is 2.02. The number of rotatable bonds is 26. The van der Waals surface area contributed by atoms with Crippen LogP contribution < -0.4 is 0 Å². The third-order valence-corrected chi connectivity index (χ3v) is 5.03. The van der Waals surface area contributed by atoms with Crippen molar-refractivity contribution < 1.29 is 28.5 Å². The van der Waals surface area contributed by atoms with Gasteiger partial charge in [-0.2, -0.15) is 0 Å². The SMILES string of the molecule is CCCCCCCCCC(=O)OCCOCCOCCOCCOCCCCCCCl. The molecule has 0 aliphatic rings. The second kappa shape index (κ2) is 27.6. The van der Waals surface area contributed by atoms with E-state index in [0.29, 0.717) is 59.3 Å². The Labute approximate surface area is 195 Å². The zero-order valence-corrected chi connectivity index (χ0v) is 20.6. The van der Waals surface area contributed by atoms with Crippen LogP contribution in [0.2, 0.25) is 0 Å². The fourth-order valence-corrected chi connectivity index (χ4v) is 3.12. The van der Waals surface area contributed by atoms with Crippen molar-refractivity contribution >= 4 is 17.6 Å². The van der Waals surface area contributed by atoms with Crippen molar-refractivity contribution in [3.8, 4) is 0 Å². The Morgan fingerprint density at radius 1 is 0.548 bits per heavy atom. The van der Waals surface area contributed by atoms with Crippen LogP contribution in [0.5, 0.6) is 0 Å². The van der Waals surface area contributed by atoms with Gasteiger partial charge in [0.25, 0.3) is 0 Å². The lowest BCUT2D eigenvalue weighted by molar-refractivity contribution is -0.145. The average Bonchev–Trinajstić information content (AvgIpc) is 2.77. The minimum atomic E-state index is -0.124. The summed E-state index contributed by atoms with van der Waals surface area (Å²) < 4.78 is 27.0. The van der Waals surface area contributed by atoms with Gasteiger partial charge in [-0.25, -0.2) is 0 Å². The molecule has 0 heterocycles. The smallest absolute Gasteiger partial charge is 0.305 e. The van der Waals surface area contributed by atoms with Crippen LogP contribution in [-0.2, 0) is 28.5 Å². The third kappa shape index (κ3) is 27.6. The van der Waals surface area contributed by atoms with E-state index in [-0.39, 0.29) is 5.97 Å². The van der Waals surface area contributed by atoms with Gasteiger partial charge in [-0.1, -0.05) is 58.3 Å². The van der Waals surface area contributed by atoms with Gasteiger partial charge in [0.1, 0.15) is 6.61 Å². The van der Waals surface area contributed by atoms with Gasteiger partial charge < -0.3 is 23.7 Å². The van der Waals surface area contributed by atoms with Crippen LogP contribution in [0, 0.1) is 0 Å². The van der Waals surface area contributed by atoms with Crippen molar-refractivity contribution in [1.29, 1.82) is 0 Å². The summed E-state index contributed by atoms with van der Waals surface area (Å²) in [5.74, 6) is 0.624. The van der Waals surface area contributed by atoms with E-state index < -0.39 is 0 Å². The number of hydrogen-bond donors (Lipinski definition) is 0. The number of halogens is 1. The Morgan fingerprint density at radius 2 is 1.00 bits per heavy atom. The summed E-state index contributed by atoms with van der Waals surface area (Å²) in [4.78, 5) is 11.6. The molecule has 0 N–H and O–H groups in total. The lowest BCUT2D eigenvalue weighted by Crippen LogP contribution is -2.14. The van der Waals surface area contributed by atoms with Gasteiger partial charge in [-0.3, -0.25) is 4.79 Å². The molecule has 0 saturated carbocycles. The molecule has 6 nitrogen and oxygen atoms in total. The van der Waals surface area contributed by atoms with E-state index in [0.717, 1.165) is 38.2 Å². The van der Waals surface area contributed by atoms with Crippen LogP contribution in [0.1, 0.15) is 84.0 Å². The predicted molar refractivity (Wildman–Crippen MR) is 126 cm³/mol. The Kier molecular flexibility index (Phi) is 27.3. The molecule has 0 aliphatic heterocycles. The van der Waals surface area contributed by atoms with Crippen LogP contribution in [0.4, 0.5) is 0 Å². The lowest BCUT2D eigenvalue weighted by Gasteiger charge is -2.08. The first kappa shape index (κ1) is 30.6. The molecule has 0 aromatic heterocycles. The van der Waals surface area contributed by atoms with Crippen LogP contribution >= 0.6 is 11.6 Å². The van der Waals surface area contributed by atoms with Gasteiger partial charge in [-0.05, 0) is 19.3 Å². The zero-order valence-electron chi connectivity index (χ0n) is 19.9. The van der Waals surface area contributed by atoms with Gasteiger partial charge in [-0.15, -0.1) is 11.6 Å². The fraction of sp³-hybridized carbons (Fsp3) is 0.958. The average molecular weight is 467 g/mol.